The smallest absolute Gasteiger partial charge is 0.348 e. The fraction of sp³-hybridized carbons (Fsp3) is 0.429. The average Bonchev–Trinajstić information content (AvgIpc) is 3.17. The number of thiophene rings is 1. The second-order valence-electron chi connectivity index (χ2n) is 6.92. The standard InChI is InChI=1S/C21H25NO3S/c1-15-3-5-16(6-4-15)7-8-17-11-13-22(14-12-17)20(23)18-9-10-19(26-18)21(24)25-2/h3-6,9-10,17H,7-8,11-14H2,1-2H3. The first-order valence-corrected chi connectivity index (χ1v) is 9.91. The van der Waals surface area contributed by atoms with E-state index < -0.39 is 0 Å². The fourth-order valence-corrected chi connectivity index (χ4v) is 4.26. The van der Waals surface area contributed by atoms with E-state index in [1.165, 1.54) is 36.0 Å². The number of aryl methyl sites for hydroxylation is 2. The molecule has 0 saturated carbocycles. The molecule has 1 aliphatic heterocycles. The fourth-order valence-electron chi connectivity index (χ4n) is 3.37. The maximum atomic E-state index is 12.6. The molecule has 0 N–H and O–H groups in total. The van der Waals surface area contributed by atoms with Crippen LogP contribution in [0.1, 0.15) is 49.7 Å². The van der Waals surface area contributed by atoms with E-state index in [9.17, 15) is 9.59 Å². The molecule has 26 heavy (non-hydrogen) atoms. The van der Waals surface area contributed by atoms with Crippen molar-refractivity contribution in [1.29, 1.82) is 0 Å². The Kier molecular flexibility index (Phi) is 6.09. The molecule has 0 aliphatic carbocycles. The van der Waals surface area contributed by atoms with Gasteiger partial charge in [0.25, 0.3) is 5.91 Å². The number of amides is 1. The number of piperidine rings is 1. The van der Waals surface area contributed by atoms with E-state index in [1.807, 2.05) is 4.90 Å². The van der Waals surface area contributed by atoms with Crippen LogP contribution in [0.25, 0.3) is 0 Å². The van der Waals surface area contributed by atoms with Crippen molar-refractivity contribution in [2.75, 3.05) is 20.2 Å². The maximum absolute atomic E-state index is 12.6. The van der Waals surface area contributed by atoms with Gasteiger partial charge in [0.05, 0.1) is 12.0 Å². The van der Waals surface area contributed by atoms with Crippen LogP contribution in [0.15, 0.2) is 36.4 Å². The second kappa shape index (κ2) is 8.49. The predicted octanol–water partition coefficient (Wildman–Crippen LogP) is 4.33. The molecule has 138 valence electrons. The molecule has 1 aromatic heterocycles. The summed E-state index contributed by atoms with van der Waals surface area (Å²) in [4.78, 5) is 27.2. The van der Waals surface area contributed by atoms with Gasteiger partial charge in [0.1, 0.15) is 4.88 Å². The first kappa shape index (κ1) is 18.6. The molecule has 0 radical (unpaired) electrons. The van der Waals surface area contributed by atoms with Crippen molar-refractivity contribution in [3.05, 3.63) is 57.3 Å². The summed E-state index contributed by atoms with van der Waals surface area (Å²) in [6, 6.07) is 12.1. The van der Waals surface area contributed by atoms with Gasteiger partial charge in [-0.15, -0.1) is 11.3 Å². The van der Waals surface area contributed by atoms with Crippen LogP contribution in [0.4, 0.5) is 0 Å². The van der Waals surface area contributed by atoms with Crippen LogP contribution in [-0.4, -0.2) is 37.0 Å². The summed E-state index contributed by atoms with van der Waals surface area (Å²) in [5, 5.41) is 0. The van der Waals surface area contributed by atoms with Crippen LogP contribution in [0.3, 0.4) is 0 Å². The lowest BCUT2D eigenvalue weighted by molar-refractivity contribution is 0.0606. The molecule has 0 unspecified atom stereocenters. The highest BCUT2D eigenvalue weighted by Crippen LogP contribution is 2.25. The quantitative estimate of drug-likeness (QED) is 0.735. The van der Waals surface area contributed by atoms with Gasteiger partial charge in [0.15, 0.2) is 0 Å². The third-order valence-electron chi connectivity index (χ3n) is 5.07. The van der Waals surface area contributed by atoms with Crippen molar-refractivity contribution < 1.29 is 14.3 Å². The molecule has 3 rings (SSSR count). The number of methoxy groups -OCH3 is 1. The zero-order valence-corrected chi connectivity index (χ0v) is 16.2. The maximum Gasteiger partial charge on any atom is 0.348 e. The van der Waals surface area contributed by atoms with E-state index in [1.54, 1.807) is 12.1 Å². The largest absolute Gasteiger partial charge is 0.465 e. The van der Waals surface area contributed by atoms with E-state index in [-0.39, 0.29) is 11.9 Å². The van der Waals surface area contributed by atoms with Crippen LogP contribution >= 0.6 is 11.3 Å². The Hall–Kier alpha value is -2.14. The van der Waals surface area contributed by atoms with Crippen LogP contribution in [0, 0.1) is 12.8 Å². The zero-order chi connectivity index (χ0) is 18.5. The molecule has 4 nitrogen and oxygen atoms in total. The van der Waals surface area contributed by atoms with Crippen molar-refractivity contribution in [2.45, 2.75) is 32.6 Å². The van der Waals surface area contributed by atoms with Gasteiger partial charge in [-0.3, -0.25) is 4.79 Å². The number of carbonyl (C=O) groups excluding carboxylic acids is 2. The third kappa shape index (κ3) is 4.52. The van der Waals surface area contributed by atoms with Gasteiger partial charge < -0.3 is 9.64 Å². The summed E-state index contributed by atoms with van der Waals surface area (Å²) < 4.78 is 4.71. The molecule has 0 bridgehead atoms. The van der Waals surface area contributed by atoms with Crippen LogP contribution in [0.5, 0.6) is 0 Å². The number of rotatable bonds is 5. The average molecular weight is 372 g/mol. The molecule has 0 spiro atoms. The number of hydrogen-bond donors (Lipinski definition) is 0. The van der Waals surface area contributed by atoms with Crippen molar-refractivity contribution in [3.8, 4) is 0 Å². The highest BCUT2D eigenvalue weighted by Gasteiger charge is 2.25. The van der Waals surface area contributed by atoms with Gasteiger partial charge in [-0.05, 0) is 56.2 Å². The van der Waals surface area contributed by atoms with E-state index >= 15 is 0 Å². The SMILES string of the molecule is COC(=O)c1ccc(C(=O)N2CCC(CCc3ccc(C)cc3)CC2)s1. The Morgan fingerprint density at radius 1 is 1.08 bits per heavy atom. The normalized spacial score (nSPS) is 15.1. The molecular formula is C21H25NO3S. The van der Waals surface area contributed by atoms with E-state index in [4.69, 9.17) is 4.74 Å². The highest BCUT2D eigenvalue weighted by atomic mass is 32.1. The minimum Gasteiger partial charge on any atom is -0.465 e. The lowest BCUT2D eigenvalue weighted by Crippen LogP contribution is -2.38. The number of ether oxygens (including phenoxy) is 1. The Morgan fingerprint density at radius 3 is 2.38 bits per heavy atom. The first-order chi connectivity index (χ1) is 12.6. The monoisotopic (exact) mass is 371 g/mol. The van der Waals surface area contributed by atoms with Crippen LogP contribution in [0.2, 0.25) is 0 Å². The summed E-state index contributed by atoms with van der Waals surface area (Å²) in [6.07, 6.45) is 4.38. The van der Waals surface area contributed by atoms with Crippen molar-refractivity contribution in [2.24, 2.45) is 5.92 Å². The molecule has 5 heteroatoms. The van der Waals surface area contributed by atoms with E-state index in [2.05, 4.69) is 31.2 Å². The second-order valence-corrected chi connectivity index (χ2v) is 8.00. The molecule has 2 heterocycles. The van der Waals surface area contributed by atoms with Gasteiger partial charge >= 0.3 is 5.97 Å². The van der Waals surface area contributed by atoms with Crippen molar-refractivity contribution in [1.82, 2.24) is 4.90 Å². The summed E-state index contributed by atoms with van der Waals surface area (Å²) in [6.45, 7) is 3.70. The molecule has 2 aromatic rings. The first-order valence-electron chi connectivity index (χ1n) is 9.10. The van der Waals surface area contributed by atoms with Gasteiger partial charge in [-0.1, -0.05) is 29.8 Å². The molecule has 0 atom stereocenters. The topological polar surface area (TPSA) is 46.6 Å². The molecule has 1 amide bonds. The molecule has 1 aromatic carbocycles. The lowest BCUT2D eigenvalue weighted by atomic mass is 9.90. The van der Waals surface area contributed by atoms with Crippen molar-refractivity contribution >= 4 is 23.2 Å². The lowest BCUT2D eigenvalue weighted by Gasteiger charge is -2.31. The van der Waals surface area contributed by atoms with Crippen molar-refractivity contribution in [3.63, 3.8) is 0 Å². The molecule has 1 saturated heterocycles. The number of esters is 1. The highest BCUT2D eigenvalue weighted by molar-refractivity contribution is 7.15. The van der Waals surface area contributed by atoms with Gasteiger partial charge in [-0.25, -0.2) is 4.79 Å². The summed E-state index contributed by atoms with van der Waals surface area (Å²) >= 11 is 1.21. The minimum absolute atomic E-state index is 0.0298. The Morgan fingerprint density at radius 2 is 1.73 bits per heavy atom. The van der Waals surface area contributed by atoms with Gasteiger partial charge in [0.2, 0.25) is 0 Å². The summed E-state index contributed by atoms with van der Waals surface area (Å²) in [7, 11) is 1.35. The predicted molar refractivity (Wildman–Crippen MR) is 104 cm³/mol. The number of hydrogen-bond acceptors (Lipinski definition) is 4. The summed E-state index contributed by atoms with van der Waals surface area (Å²) in [5.74, 6) is 0.320. The number of benzene rings is 1. The van der Waals surface area contributed by atoms with E-state index in [0.717, 1.165) is 32.4 Å². The van der Waals surface area contributed by atoms with Gasteiger partial charge in [-0.2, -0.15) is 0 Å². The Balaban J connectivity index is 1.48. The minimum atomic E-state index is -0.385. The van der Waals surface area contributed by atoms with Crippen LogP contribution in [-0.2, 0) is 11.2 Å². The Bertz CT molecular complexity index is 758. The van der Waals surface area contributed by atoms with E-state index in [0.29, 0.717) is 15.7 Å². The van der Waals surface area contributed by atoms with Gasteiger partial charge in [0, 0.05) is 13.1 Å². The molecule has 1 aliphatic rings. The summed E-state index contributed by atoms with van der Waals surface area (Å²) in [5.41, 5.74) is 2.69. The molecule has 1 fully saturated rings. The van der Waals surface area contributed by atoms with Crippen LogP contribution < -0.4 is 0 Å². The number of carbonyl (C=O) groups is 2. The zero-order valence-electron chi connectivity index (χ0n) is 15.4. The third-order valence-corrected chi connectivity index (χ3v) is 6.12. The number of nitrogens with zero attached hydrogens (tertiary/aromatic N) is 1. The number of likely N-dealkylation sites (tertiary alicyclic amines) is 1. The Labute approximate surface area is 158 Å². The molecular weight excluding hydrogens is 346 g/mol.